The SMILES string of the molecule is CCCCc1c(C)nc(NN=Cc2ccco2)[nH]c1=O. The zero-order chi connectivity index (χ0) is 14.4. The van der Waals surface area contributed by atoms with E-state index < -0.39 is 0 Å². The number of aromatic nitrogens is 2. The molecule has 20 heavy (non-hydrogen) atoms. The van der Waals surface area contributed by atoms with E-state index >= 15 is 0 Å². The van der Waals surface area contributed by atoms with E-state index in [9.17, 15) is 4.79 Å². The van der Waals surface area contributed by atoms with Gasteiger partial charge in [-0.05, 0) is 31.9 Å². The number of hydrogen-bond acceptors (Lipinski definition) is 5. The fourth-order valence-electron chi connectivity index (χ4n) is 1.83. The van der Waals surface area contributed by atoms with Crippen LogP contribution in [0.4, 0.5) is 5.95 Å². The lowest BCUT2D eigenvalue weighted by Gasteiger charge is -2.05. The molecule has 2 rings (SSSR count). The summed E-state index contributed by atoms with van der Waals surface area (Å²) in [6.45, 7) is 3.93. The number of unbranched alkanes of at least 4 members (excludes halogenated alkanes) is 1. The predicted octanol–water partition coefficient (Wildman–Crippen LogP) is 2.46. The molecule has 0 radical (unpaired) electrons. The number of anilines is 1. The first-order valence-corrected chi connectivity index (χ1v) is 6.63. The Balaban J connectivity index is 2.08. The maximum atomic E-state index is 12.0. The third-order valence-corrected chi connectivity index (χ3v) is 2.91. The molecule has 0 spiro atoms. The zero-order valence-corrected chi connectivity index (χ0v) is 11.6. The molecule has 2 aromatic heterocycles. The summed E-state index contributed by atoms with van der Waals surface area (Å²) < 4.78 is 5.10. The van der Waals surface area contributed by atoms with Crippen LogP contribution < -0.4 is 11.0 Å². The number of H-pyrrole nitrogens is 1. The second kappa shape index (κ2) is 6.70. The maximum absolute atomic E-state index is 12.0. The van der Waals surface area contributed by atoms with Gasteiger partial charge in [-0.2, -0.15) is 5.10 Å². The van der Waals surface area contributed by atoms with Gasteiger partial charge >= 0.3 is 0 Å². The Kier molecular flexibility index (Phi) is 4.70. The zero-order valence-electron chi connectivity index (χ0n) is 11.6. The molecule has 2 heterocycles. The van der Waals surface area contributed by atoms with E-state index in [0.29, 0.717) is 11.7 Å². The number of furan rings is 1. The number of nitrogens with zero attached hydrogens (tertiary/aromatic N) is 2. The molecule has 0 amide bonds. The average Bonchev–Trinajstić information content (AvgIpc) is 2.91. The van der Waals surface area contributed by atoms with Gasteiger partial charge in [0, 0.05) is 11.3 Å². The summed E-state index contributed by atoms with van der Waals surface area (Å²) in [7, 11) is 0. The maximum Gasteiger partial charge on any atom is 0.255 e. The normalized spacial score (nSPS) is 11.1. The van der Waals surface area contributed by atoms with Crippen LogP contribution in [0, 0.1) is 6.92 Å². The molecule has 0 aliphatic rings. The Bertz CT molecular complexity index is 629. The van der Waals surface area contributed by atoms with E-state index in [-0.39, 0.29) is 5.56 Å². The largest absolute Gasteiger partial charge is 0.463 e. The van der Waals surface area contributed by atoms with Gasteiger partial charge in [0.25, 0.3) is 5.56 Å². The van der Waals surface area contributed by atoms with Gasteiger partial charge in [-0.1, -0.05) is 13.3 Å². The van der Waals surface area contributed by atoms with Crippen LogP contribution >= 0.6 is 0 Å². The van der Waals surface area contributed by atoms with E-state index in [1.165, 1.54) is 6.21 Å². The molecule has 106 valence electrons. The van der Waals surface area contributed by atoms with Crippen molar-refractivity contribution in [3.63, 3.8) is 0 Å². The number of aromatic amines is 1. The van der Waals surface area contributed by atoms with Crippen LogP contribution in [0.2, 0.25) is 0 Å². The summed E-state index contributed by atoms with van der Waals surface area (Å²) >= 11 is 0. The molecule has 6 heteroatoms. The van der Waals surface area contributed by atoms with Crippen LogP contribution in [-0.2, 0) is 6.42 Å². The van der Waals surface area contributed by atoms with Crippen molar-refractivity contribution in [3.05, 3.63) is 45.8 Å². The topological polar surface area (TPSA) is 83.3 Å². The number of nitrogens with one attached hydrogen (secondary N) is 2. The smallest absolute Gasteiger partial charge is 0.255 e. The summed E-state index contributed by atoms with van der Waals surface area (Å²) in [6.07, 6.45) is 5.86. The van der Waals surface area contributed by atoms with Gasteiger partial charge in [0.1, 0.15) is 5.76 Å². The fourth-order valence-corrected chi connectivity index (χ4v) is 1.83. The molecule has 0 atom stereocenters. The molecule has 0 saturated heterocycles. The second-order valence-electron chi connectivity index (χ2n) is 4.47. The lowest BCUT2D eigenvalue weighted by atomic mass is 10.1. The lowest BCUT2D eigenvalue weighted by molar-refractivity contribution is 0.560. The van der Waals surface area contributed by atoms with Gasteiger partial charge in [-0.25, -0.2) is 10.4 Å². The summed E-state index contributed by atoms with van der Waals surface area (Å²) in [5.41, 5.74) is 4.06. The minimum Gasteiger partial charge on any atom is -0.463 e. The predicted molar refractivity (Wildman–Crippen MR) is 78.1 cm³/mol. The summed E-state index contributed by atoms with van der Waals surface area (Å²) in [4.78, 5) is 18.9. The Hall–Kier alpha value is -2.37. The van der Waals surface area contributed by atoms with Crippen molar-refractivity contribution in [1.29, 1.82) is 0 Å². The number of rotatable bonds is 6. The minimum absolute atomic E-state index is 0.110. The van der Waals surface area contributed by atoms with Crippen LogP contribution in [0.1, 0.15) is 36.8 Å². The van der Waals surface area contributed by atoms with Gasteiger partial charge < -0.3 is 4.42 Å². The van der Waals surface area contributed by atoms with Gasteiger partial charge in [-0.3, -0.25) is 9.78 Å². The fraction of sp³-hybridized carbons (Fsp3) is 0.357. The number of aryl methyl sites for hydroxylation is 1. The standard InChI is InChI=1S/C14H18N4O2/c1-3-4-7-12-10(2)16-14(17-13(12)19)18-15-9-11-6-5-8-20-11/h5-6,8-9H,3-4,7H2,1-2H3,(H2,16,17,18,19). The molecular weight excluding hydrogens is 256 g/mol. The van der Waals surface area contributed by atoms with Crippen molar-refractivity contribution in [2.75, 3.05) is 5.43 Å². The summed E-state index contributed by atoms with van der Waals surface area (Å²) in [6, 6.07) is 3.55. The first kappa shape index (κ1) is 14.0. The summed E-state index contributed by atoms with van der Waals surface area (Å²) in [5.74, 6) is 0.951. The Morgan fingerprint density at radius 1 is 1.55 bits per heavy atom. The molecule has 0 unspecified atom stereocenters. The lowest BCUT2D eigenvalue weighted by Crippen LogP contribution is -2.18. The highest BCUT2D eigenvalue weighted by Crippen LogP contribution is 2.06. The molecule has 0 aliphatic heterocycles. The van der Waals surface area contributed by atoms with Crippen LogP contribution in [-0.4, -0.2) is 16.2 Å². The second-order valence-corrected chi connectivity index (χ2v) is 4.47. The average molecular weight is 274 g/mol. The van der Waals surface area contributed by atoms with Crippen molar-refractivity contribution in [1.82, 2.24) is 9.97 Å². The van der Waals surface area contributed by atoms with Crippen LogP contribution in [0.15, 0.2) is 32.7 Å². The molecule has 2 N–H and O–H groups in total. The van der Waals surface area contributed by atoms with E-state index in [4.69, 9.17) is 4.42 Å². The molecule has 0 saturated carbocycles. The third kappa shape index (κ3) is 3.57. The molecular formula is C14H18N4O2. The van der Waals surface area contributed by atoms with Crippen LogP contribution in [0.3, 0.4) is 0 Å². The van der Waals surface area contributed by atoms with Gasteiger partial charge in [0.2, 0.25) is 5.95 Å². The van der Waals surface area contributed by atoms with Crippen molar-refractivity contribution >= 4 is 12.2 Å². The minimum atomic E-state index is -0.110. The Morgan fingerprint density at radius 2 is 2.40 bits per heavy atom. The van der Waals surface area contributed by atoms with Crippen molar-refractivity contribution in [2.45, 2.75) is 33.1 Å². The monoisotopic (exact) mass is 274 g/mol. The Morgan fingerprint density at radius 3 is 3.05 bits per heavy atom. The van der Waals surface area contributed by atoms with Crippen molar-refractivity contribution in [3.8, 4) is 0 Å². The molecule has 2 aromatic rings. The molecule has 0 fully saturated rings. The van der Waals surface area contributed by atoms with E-state index in [1.54, 1.807) is 18.4 Å². The van der Waals surface area contributed by atoms with E-state index in [0.717, 1.165) is 30.5 Å². The molecule has 0 aromatic carbocycles. The van der Waals surface area contributed by atoms with Crippen molar-refractivity contribution < 1.29 is 4.42 Å². The highest BCUT2D eigenvalue weighted by molar-refractivity contribution is 5.76. The van der Waals surface area contributed by atoms with Gasteiger partial charge in [0.05, 0.1) is 12.5 Å². The summed E-state index contributed by atoms with van der Waals surface area (Å²) in [5, 5.41) is 3.96. The first-order chi connectivity index (χ1) is 9.70. The van der Waals surface area contributed by atoms with Crippen LogP contribution in [0.25, 0.3) is 0 Å². The first-order valence-electron chi connectivity index (χ1n) is 6.63. The Labute approximate surface area is 116 Å². The van der Waals surface area contributed by atoms with E-state index in [1.807, 2.05) is 6.92 Å². The van der Waals surface area contributed by atoms with Gasteiger partial charge in [0.15, 0.2) is 0 Å². The molecule has 0 aliphatic carbocycles. The highest BCUT2D eigenvalue weighted by Gasteiger charge is 2.07. The highest BCUT2D eigenvalue weighted by atomic mass is 16.3. The quantitative estimate of drug-likeness (QED) is 0.626. The van der Waals surface area contributed by atoms with E-state index in [2.05, 4.69) is 27.4 Å². The number of hydrogen-bond donors (Lipinski definition) is 2. The number of hydrazone groups is 1. The van der Waals surface area contributed by atoms with Gasteiger partial charge in [-0.15, -0.1) is 0 Å². The van der Waals surface area contributed by atoms with Crippen LogP contribution in [0.5, 0.6) is 0 Å². The molecule has 0 bridgehead atoms. The molecule has 6 nitrogen and oxygen atoms in total. The van der Waals surface area contributed by atoms with Crippen molar-refractivity contribution in [2.24, 2.45) is 5.10 Å². The third-order valence-electron chi connectivity index (χ3n) is 2.91.